The summed E-state index contributed by atoms with van der Waals surface area (Å²) in [6.07, 6.45) is 0.997. The molecule has 1 fully saturated rings. The number of hydrogen-bond acceptors (Lipinski definition) is 5. The first kappa shape index (κ1) is 21.4. The number of nitrogens with zero attached hydrogens (tertiary/aromatic N) is 2. The van der Waals surface area contributed by atoms with Crippen LogP contribution in [0.15, 0.2) is 48.5 Å². The van der Waals surface area contributed by atoms with Crippen molar-refractivity contribution in [3.8, 4) is 11.5 Å². The van der Waals surface area contributed by atoms with E-state index in [0.717, 1.165) is 62.8 Å². The average Bonchev–Trinajstić information content (AvgIpc) is 2.77. The van der Waals surface area contributed by atoms with Crippen LogP contribution in [0.4, 0.5) is 5.69 Å². The van der Waals surface area contributed by atoms with Gasteiger partial charge >= 0.3 is 0 Å². The molecule has 3 rings (SSSR count). The summed E-state index contributed by atoms with van der Waals surface area (Å²) in [4.78, 5) is 4.38. The second-order valence-electron chi connectivity index (χ2n) is 6.93. The molecule has 0 aliphatic carbocycles. The van der Waals surface area contributed by atoms with Crippen molar-refractivity contribution < 1.29 is 14.6 Å². The Morgan fingerprint density at radius 2 is 1.90 bits per heavy atom. The Balaban J connectivity index is 1.66. The van der Waals surface area contributed by atoms with Gasteiger partial charge in [-0.2, -0.15) is 0 Å². The van der Waals surface area contributed by atoms with Crippen LogP contribution in [0, 0.1) is 0 Å². The lowest BCUT2D eigenvalue weighted by molar-refractivity contribution is 0.0376. The van der Waals surface area contributed by atoms with Crippen molar-refractivity contribution in [3.63, 3.8) is 0 Å². The number of phenols is 1. The summed E-state index contributed by atoms with van der Waals surface area (Å²) in [7, 11) is 1.65. The van der Waals surface area contributed by atoms with Crippen molar-refractivity contribution in [1.82, 2.24) is 10.2 Å². The molecular weight excluding hydrogens is 386 g/mol. The number of aromatic hydroxyl groups is 1. The highest BCUT2D eigenvalue weighted by Gasteiger charge is 2.18. The largest absolute Gasteiger partial charge is 0.508 e. The highest BCUT2D eigenvalue weighted by Crippen LogP contribution is 2.30. The highest BCUT2D eigenvalue weighted by molar-refractivity contribution is 7.80. The second kappa shape index (κ2) is 11.0. The number of phenolic OH excluding ortho intramolecular Hbond substituents is 1. The number of thiocarbonyl (C=S) groups is 1. The Morgan fingerprint density at radius 1 is 1.17 bits per heavy atom. The van der Waals surface area contributed by atoms with E-state index in [4.69, 9.17) is 21.7 Å². The number of nitrogens with one attached hydrogen (secondary N) is 1. The van der Waals surface area contributed by atoms with Crippen LogP contribution in [0.5, 0.6) is 11.5 Å². The minimum Gasteiger partial charge on any atom is -0.508 e. The van der Waals surface area contributed by atoms with Gasteiger partial charge in [-0.1, -0.05) is 30.3 Å². The van der Waals surface area contributed by atoms with E-state index in [1.807, 2.05) is 47.4 Å². The molecule has 29 heavy (non-hydrogen) atoms. The maximum absolute atomic E-state index is 10.2. The zero-order valence-corrected chi connectivity index (χ0v) is 17.7. The number of hydrogen-bond donors (Lipinski definition) is 2. The van der Waals surface area contributed by atoms with Crippen molar-refractivity contribution in [1.29, 1.82) is 0 Å². The quantitative estimate of drug-likeness (QED) is 0.508. The molecule has 156 valence electrons. The smallest absolute Gasteiger partial charge is 0.173 e. The number of benzene rings is 2. The molecule has 0 aromatic heterocycles. The SMILES string of the molecule is COc1ccccc1N(Cc1ccccc1O)C(=S)NCCCN1CCOCC1. The summed E-state index contributed by atoms with van der Waals surface area (Å²) >= 11 is 5.72. The Labute approximate surface area is 178 Å². The van der Waals surface area contributed by atoms with Crippen molar-refractivity contribution in [2.75, 3.05) is 51.4 Å². The van der Waals surface area contributed by atoms with E-state index < -0.39 is 0 Å². The Hall–Kier alpha value is -2.35. The third-order valence-electron chi connectivity index (χ3n) is 4.97. The van der Waals surface area contributed by atoms with Crippen LogP contribution in [-0.4, -0.2) is 61.6 Å². The van der Waals surface area contributed by atoms with Gasteiger partial charge < -0.3 is 24.8 Å². The molecule has 2 N–H and O–H groups in total. The predicted octanol–water partition coefficient (Wildman–Crippen LogP) is 3.00. The van der Waals surface area contributed by atoms with Crippen molar-refractivity contribution in [2.45, 2.75) is 13.0 Å². The summed E-state index contributed by atoms with van der Waals surface area (Å²) in [5.41, 5.74) is 1.67. The molecule has 0 saturated carbocycles. The van der Waals surface area contributed by atoms with Gasteiger partial charge in [-0.3, -0.25) is 4.90 Å². The standard InChI is InChI=1S/C22H29N3O3S/c1-27-21-10-5-3-8-19(21)25(17-18-7-2-4-9-20(18)26)22(29)23-11-6-12-24-13-15-28-16-14-24/h2-5,7-10,26H,6,11-17H2,1H3,(H,23,29). The first-order chi connectivity index (χ1) is 14.2. The van der Waals surface area contributed by atoms with Crippen LogP contribution in [-0.2, 0) is 11.3 Å². The van der Waals surface area contributed by atoms with Gasteiger partial charge in [-0.15, -0.1) is 0 Å². The Bertz CT molecular complexity index is 796. The normalized spacial score (nSPS) is 14.4. The van der Waals surface area contributed by atoms with E-state index in [9.17, 15) is 5.11 Å². The lowest BCUT2D eigenvalue weighted by Crippen LogP contribution is -2.42. The molecular formula is C22H29N3O3S. The van der Waals surface area contributed by atoms with Crippen LogP contribution >= 0.6 is 12.2 Å². The van der Waals surface area contributed by atoms with E-state index >= 15 is 0 Å². The summed E-state index contributed by atoms with van der Waals surface area (Å²) in [5, 5.41) is 14.2. The molecule has 1 aliphatic rings. The van der Waals surface area contributed by atoms with Gasteiger partial charge in [0.25, 0.3) is 0 Å². The maximum Gasteiger partial charge on any atom is 0.173 e. The van der Waals surface area contributed by atoms with Gasteiger partial charge in [0, 0.05) is 25.2 Å². The minimum atomic E-state index is 0.252. The van der Waals surface area contributed by atoms with Crippen LogP contribution in [0.1, 0.15) is 12.0 Å². The fraction of sp³-hybridized carbons (Fsp3) is 0.409. The van der Waals surface area contributed by atoms with E-state index in [0.29, 0.717) is 11.7 Å². The lowest BCUT2D eigenvalue weighted by Gasteiger charge is -2.29. The predicted molar refractivity (Wildman–Crippen MR) is 120 cm³/mol. The highest BCUT2D eigenvalue weighted by atomic mass is 32.1. The van der Waals surface area contributed by atoms with Crippen LogP contribution in [0.2, 0.25) is 0 Å². The molecule has 2 aromatic rings. The third-order valence-corrected chi connectivity index (χ3v) is 5.34. The molecule has 0 bridgehead atoms. The molecule has 1 aliphatic heterocycles. The summed E-state index contributed by atoms with van der Waals surface area (Å²) in [6, 6.07) is 15.1. The third kappa shape index (κ3) is 6.06. The van der Waals surface area contributed by atoms with Crippen molar-refractivity contribution >= 4 is 23.0 Å². The average molecular weight is 416 g/mol. The molecule has 0 unspecified atom stereocenters. The molecule has 1 heterocycles. The number of anilines is 1. The van der Waals surface area contributed by atoms with Gasteiger partial charge in [-0.25, -0.2) is 0 Å². The molecule has 6 nitrogen and oxygen atoms in total. The van der Waals surface area contributed by atoms with Gasteiger partial charge in [0.05, 0.1) is 32.6 Å². The molecule has 0 radical (unpaired) electrons. The first-order valence-corrected chi connectivity index (χ1v) is 10.3. The van der Waals surface area contributed by atoms with Crippen molar-refractivity contribution in [2.24, 2.45) is 0 Å². The fourth-order valence-electron chi connectivity index (χ4n) is 3.35. The maximum atomic E-state index is 10.2. The zero-order chi connectivity index (χ0) is 20.5. The van der Waals surface area contributed by atoms with Crippen LogP contribution in [0.3, 0.4) is 0 Å². The Morgan fingerprint density at radius 3 is 2.66 bits per heavy atom. The number of ether oxygens (including phenoxy) is 2. The van der Waals surface area contributed by atoms with Gasteiger partial charge in [-0.05, 0) is 43.4 Å². The second-order valence-corrected chi connectivity index (χ2v) is 7.31. The fourth-order valence-corrected chi connectivity index (χ4v) is 3.62. The molecule has 1 saturated heterocycles. The molecule has 2 aromatic carbocycles. The lowest BCUT2D eigenvalue weighted by atomic mass is 10.1. The van der Waals surface area contributed by atoms with Gasteiger partial charge in [0.15, 0.2) is 5.11 Å². The number of rotatable bonds is 8. The number of methoxy groups -OCH3 is 1. The topological polar surface area (TPSA) is 57.2 Å². The minimum absolute atomic E-state index is 0.252. The zero-order valence-electron chi connectivity index (χ0n) is 16.8. The summed E-state index contributed by atoms with van der Waals surface area (Å²) < 4.78 is 10.9. The van der Waals surface area contributed by atoms with Crippen LogP contribution < -0.4 is 15.0 Å². The molecule has 0 amide bonds. The molecule has 0 atom stereocenters. The van der Waals surface area contributed by atoms with E-state index in [1.165, 1.54) is 0 Å². The summed E-state index contributed by atoms with van der Waals surface area (Å²) in [6.45, 7) is 5.86. The van der Waals surface area contributed by atoms with Gasteiger partial charge in [0.2, 0.25) is 0 Å². The van der Waals surface area contributed by atoms with Crippen LogP contribution in [0.25, 0.3) is 0 Å². The molecule has 0 spiro atoms. The van der Waals surface area contributed by atoms with E-state index in [2.05, 4.69) is 10.2 Å². The molecule has 7 heteroatoms. The number of morpholine rings is 1. The van der Waals surface area contributed by atoms with E-state index in [1.54, 1.807) is 13.2 Å². The Kier molecular flexibility index (Phi) is 8.10. The summed E-state index contributed by atoms with van der Waals surface area (Å²) in [5.74, 6) is 0.989. The van der Waals surface area contributed by atoms with Crippen molar-refractivity contribution in [3.05, 3.63) is 54.1 Å². The van der Waals surface area contributed by atoms with Gasteiger partial charge in [0.1, 0.15) is 11.5 Å². The number of para-hydroxylation sites is 3. The monoisotopic (exact) mass is 415 g/mol. The van der Waals surface area contributed by atoms with E-state index in [-0.39, 0.29) is 5.75 Å². The first-order valence-electron chi connectivity index (χ1n) is 9.94.